The van der Waals surface area contributed by atoms with Crippen molar-refractivity contribution < 1.29 is 14.0 Å². The number of carbonyl (C=O) groups excluding carboxylic acids is 2. The molecule has 2 aromatic carbocycles. The van der Waals surface area contributed by atoms with E-state index in [1.54, 1.807) is 30.3 Å². The third kappa shape index (κ3) is 6.76. The molecular weight excluding hydrogens is 435 g/mol. The Hall–Kier alpha value is -2.57. The number of halogens is 2. The lowest BCUT2D eigenvalue weighted by atomic mass is 10.0. The van der Waals surface area contributed by atoms with Crippen LogP contribution in [0.1, 0.15) is 29.3 Å². The third-order valence-electron chi connectivity index (χ3n) is 4.24. The van der Waals surface area contributed by atoms with E-state index < -0.39 is 11.6 Å². The van der Waals surface area contributed by atoms with Crippen molar-refractivity contribution in [2.45, 2.75) is 13.3 Å². The molecule has 0 heterocycles. The zero-order valence-corrected chi connectivity index (χ0v) is 17.9. The van der Waals surface area contributed by atoms with Gasteiger partial charge in [0.05, 0.1) is 5.56 Å². The summed E-state index contributed by atoms with van der Waals surface area (Å²) in [6.45, 7) is 6.91. The maximum Gasteiger partial charge on any atom is 0.224 e. The molecule has 0 saturated heterocycles. The van der Waals surface area contributed by atoms with Crippen LogP contribution in [0.4, 0.5) is 10.1 Å². The number of hydrogen-bond donors (Lipinski definition) is 1. The van der Waals surface area contributed by atoms with E-state index in [0.29, 0.717) is 24.3 Å². The van der Waals surface area contributed by atoms with Crippen molar-refractivity contribution in [2.75, 3.05) is 24.5 Å². The summed E-state index contributed by atoms with van der Waals surface area (Å²) in [5, 5.41) is 3.22. The summed E-state index contributed by atoms with van der Waals surface area (Å²) in [4.78, 5) is 26.0. The third-order valence-corrected chi connectivity index (χ3v) is 4.77. The van der Waals surface area contributed by atoms with Crippen molar-refractivity contribution in [1.29, 1.82) is 0 Å². The van der Waals surface area contributed by atoms with Crippen molar-refractivity contribution in [2.24, 2.45) is 0 Å². The number of nitrogens with one attached hydrogen (secondary N) is 1. The van der Waals surface area contributed by atoms with Gasteiger partial charge >= 0.3 is 0 Å². The number of rotatable bonds is 10. The topological polar surface area (TPSA) is 49.4 Å². The lowest BCUT2D eigenvalue weighted by molar-refractivity contribution is -0.116. The zero-order chi connectivity index (χ0) is 21.2. The average Bonchev–Trinajstić information content (AvgIpc) is 2.70. The van der Waals surface area contributed by atoms with E-state index in [4.69, 9.17) is 0 Å². The van der Waals surface area contributed by atoms with Crippen LogP contribution in [0.2, 0.25) is 0 Å². The van der Waals surface area contributed by atoms with Crippen LogP contribution in [0.25, 0.3) is 0 Å². The molecule has 0 unspecified atom stereocenters. The summed E-state index contributed by atoms with van der Waals surface area (Å²) < 4.78 is 15.5. The summed E-state index contributed by atoms with van der Waals surface area (Å²) in [5.41, 5.74) is 0.781. The van der Waals surface area contributed by atoms with Crippen LogP contribution in [0.5, 0.6) is 0 Å². The first-order valence-corrected chi connectivity index (χ1v) is 10.1. The highest BCUT2D eigenvalue weighted by molar-refractivity contribution is 9.10. The van der Waals surface area contributed by atoms with Crippen LogP contribution in [-0.2, 0) is 4.79 Å². The van der Waals surface area contributed by atoms with E-state index >= 15 is 0 Å². The minimum atomic E-state index is -0.656. The Morgan fingerprint density at radius 3 is 2.52 bits per heavy atom. The quantitative estimate of drug-likeness (QED) is 0.313. The molecule has 0 fully saturated rings. The van der Waals surface area contributed by atoms with Gasteiger partial charge in [0.2, 0.25) is 5.91 Å². The predicted octanol–water partition coefficient (Wildman–Crippen LogP) is 4.89. The largest absolute Gasteiger partial charge is 0.313 e. The van der Waals surface area contributed by atoms with Gasteiger partial charge in [-0.2, -0.15) is 0 Å². The second-order valence-corrected chi connectivity index (χ2v) is 7.30. The molecule has 0 aliphatic heterocycles. The normalized spacial score (nSPS) is 10.9. The minimum absolute atomic E-state index is 0.0264. The minimum Gasteiger partial charge on any atom is -0.313 e. The van der Waals surface area contributed by atoms with E-state index in [2.05, 4.69) is 27.8 Å². The van der Waals surface area contributed by atoms with Gasteiger partial charge in [-0.3, -0.25) is 9.59 Å². The summed E-state index contributed by atoms with van der Waals surface area (Å²) in [7, 11) is 0. The number of ketones is 1. The first-order valence-electron chi connectivity index (χ1n) is 9.28. The molecule has 0 saturated carbocycles. The molecule has 0 aliphatic carbocycles. The number of hydrogen-bond acceptors (Lipinski definition) is 3. The molecule has 0 bridgehead atoms. The Morgan fingerprint density at radius 2 is 1.90 bits per heavy atom. The van der Waals surface area contributed by atoms with Gasteiger partial charge in [0.15, 0.2) is 5.78 Å². The fourth-order valence-corrected chi connectivity index (χ4v) is 2.95. The molecule has 2 rings (SSSR count). The van der Waals surface area contributed by atoms with Crippen LogP contribution in [-0.4, -0.2) is 31.3 Å². The molecule has 0 spiro atoms. The lowest BCUT2D eigenvalue weighted by Gasteiger charge is -2.20. The van der Waals surface area contributed by atoms with Gasteiger partial charge in [-0.05, 0) is 55.4 Å². The molecule has 1 amide bonds. The van der Waals surface area contributed by atoms with Gasteiger partial charge in [0.1, 0.15) is 5.82 Å². The van der Waals surface area contributed by atoms with Gasteiger partial charge in [0.25, 0.3) is 0 Å². The van der Waals surface area contributed by atoms with Crippen molar-refractivity contribution in [1.82, 2.24) is 5.32 Å². The standard InChI is InChI=1S/C23H24BrFN2O2/c1-3-4-13-26-14-5-6-15-27(17(2)28)20-11-12-21(22(25)16-20)23(29)18-7-9-19(24)10-8-18/h3,5-12,16,26H,1,4,13-15H2,2H3. The SMILES string of the molecule is C=CCCNCC=CCN(C(C)=O)c1ccc(C(=O)c2ccc(Br)cc2)c(F)c1. The zero-order valence-electron chi connectivity index (χ0n) is 16.3. The highest BCUT2D eigenvalue weighted by Gasteiger charge is 2.17. The first-order chi connectivity index (χ1) is 13.9. The number of carbonyl (C=O) groups is 2. The van der Waals surface area contributed by atoms with Gasteiger partial charge < -0.3 is 10.2 Å². The van der Waals surface area contributed by atoms with Crippen molar-refractivity contribution in [3.05, 3.63) is 88.7 Å². The van der Waals surface area contributed by atoms with Crippen LogP contribution in [0, 0.1) is 5.82 Å². The number of benzene rings is 2. The summed E-state index contributed by atoms with van der Waals surface area (Å²) >= 11 is 3.31. The number of amides is 1. The highest BCUT2D eigenvalue weighted by atomic mass is 79.9. The Kier molecular flexibility index (Phi) is 8.96. The van der Waals surface area contributed by atoms with Gasteiger partial charge in [0, 0.05) is 35.7 Å². The Morgan fingerprint density at radius 1 is 1.17 bits per heavy atom. The predicted molar refractivity (Wildman–Crippen MR) is 119 cm³/mol. The fourth-order valence-electron chi connectivity index (χ4n) is 2.68. The number of anilines is 1. The second kappa shape index (κ2) is 11.4. The first kappa shape index (κ1) is 22.7. The van der Waals surface area contributed by atoms with Crippen LogP contribution in [0.3, 0.4) is 0 Å². The summed E-state index contributed by atoms with van der Waals surface area (Å²) in [5.74, 6) is -1.26. The van der Waals surface area contributed by atoms with E-state index in [9.17, 15) is 14.0 Å². The van der Waals surface area contributed by atoms with E-state index in [0.717, 1.165) is 17.4 Å². The molecule has 0 aromatic heterocycles. The smallest absolute Gasteiger partial charge is 0.224 e. The fraction of sp³-hybridized carbons (Fsp3) is 0.217. The monoisotopic (exact) mass is 458 g/mol. The van der Waals surface area contributed by atoms with Crippen molar-refractivity contribution >= 4 is 33.3 Å². The average molecular weight is 459 g/mol. The highest BCUT2D eigenvalue weighted by Crippen LogP contribution is 2.22. The van der Waals surface area contributed by atoms with E-state index in [-0.39, 0.29) is 11.5 Å². The van der Waals surface area contributed by atoms with Crippen LogP contribution in [0.15, 0.2) is 71.7 Å². The van der Waals surface area contributed by atoms with E-state index in [1.165, 1.54) is 24.0 Å². The Balaban J connectivity index is 2.09. The molecule has 0 radical (unpaired) electrons. The molecule has 1 N–H and O–H groups in total. The Labute approximate surface area is 179 Å². The summed E-state index contributed by atoms with van der Waals surface area (Å²) in [6.07, 6.45) is 6.49. The van der Waals surface area contributed by atoms with Crippen LogP contribution < -0.4 is 10.2 Å². The van der Waals surface area contributed by atoms with Gasteiger partial charge in [-0.1, -0.05) is 34.2 Å². The molecule has 29 heavy (non-hydrogen) atoms. The van der Waals surface area contributed by atoms with Crippen molar-refractivity contribution in [3.8, 4) is 0 Å². The van der Waals surface area contributed by atoms with Gasteiger partial charge in [-0.25, -0.2) is 4.39 Å². The molecule has 0 aliphatic rings. The second-order valence-electron chi connectivity index (χ2n) is 6.38. The lowest BCUT2D eigenvalue weighted by Crippen LogP contribution is -2.29. The molecule has 4 nitrogen and oxygen atoms in total. The molecule has 2 aromatic rings. The Bertz CT molecular complexity index is 894. The van der Waals surface area contributed by atoms with Crippen molar-refractivity contribution in [3.63, 3.8) is 0 Å². The van der Waals surface area contributed by atoms with Crippen LogP contribution >= 0.6 is 15.9 Å². The maximum atomic E-state index is 14.6. The molecule has 152 valence electrons. The summed E-state index contributed by atoms with van der Waals surface area (Å²) in [6, 6.07) is 11.0. The van der Waals surface area contributed by atoms with Gasteiger partial charge in [-0.15, -0.1) is 6.58 Å². The molecule has 0 atom stereocenters. The van der Waals surface area contributed by atoms with E-state index in [1.807, 2.05) is 18.2 Å². The maximum absolute atomic E-state index is 14.6. The molecule has 6 heteroatoms. The number of nitrogens with zero attached hydrogens (tertiary/aromatic N) is 1. The molecular formula is C23H24BrFN2O2.